The third-order valence-corrected chi connectivity index (χ3v) is 7.04. The summed E-state index contributed by atoms with van der Waals surface area (Å²) < 4.78 is 11.4. The van der Waals surface area contributed by atoms with Gasteiger partial charge in [0, 0.05) is 31.9 Å². The molecule has 0 aliphatic carbocycles. The maximum absolute atomic E-state index is 13.7. The Kier molecular flexibility index (Phi) is 9.48. The lowest BCUT2D eigenvalue weighted by molar-refractivity contribution is -0.159. The van der Waals surface area contributed by atoms with Gasteiger partial charge in [0.15, 0.2) is 0 Å². The second-order valence-corrected chi connectivity index (χ2v) is 10.7. The number of nitrogens with zero attached hydrogens (tertiary/aromatic N) is 4. The van der Waals surface area contributed by atoms with Crippen LogP contribution in [0.25, 0.3) is 0 Å². The van der Waals surface area contributed by atoms with Gasteiger partial charge in [0.25, 0.3) is 5.91 Å². The summed E-state index contributed by atoms with van der Waals surface area (Å²) in [6.45, 7) is 4.70. The van der Waals surface area contributed by atoms with Crippen LogP contribution in [0.1, 0.15) is 36.3 Å². The Bertz CT molecular complexity index is 1170. The van der Waals surface area contributed by atoms with Crippen molar-refractivity contribution in [1.82, 2.24) is 30.4 Å². The number of fused-ring (bicyclic) bond motifs is 2. The minimum absolute atomic E-state index is 0.0585. The largest absolute Gasteiger partial charge is 0.622 e. The van der Waals surface area contributed by atoms with Gasteiger partial charge in [0.2, 0.25) is 5.91 Å². The summed E-state index contributed by atoms with van der Waals surface area (Å²) in [7, 11) is 2.21. The summed E-state index contributed by atoms with van der Waals surface area (Å²) in [6.07, 6.45) is 4.70. The number of carbonyl (C=O) groups is 4. The van der Waals surface area contributed by atoms with Gasteiger partial charge in [-0.1, -0.05) is 44.2 Å². The SMILES string of the molecule is CC(C)C[C@H](NC(=O)[C@H](Cc1ccccc1)NC(=O)c1cnccn1)B1OC(=O)[C@H]2CN(C)C[C@H](C(=O)O1)N2C. The van der Waals surface area contributed by atoms with Crippen LogP contribution in [0.5, 0.6) is 0 Å². The van der Waals surface area contributed by atoms with Gasteiger partial charge >= 0.3 is 19.1 Å². The van der Waals surface area contributed by atoms with E-state index in [4.69, 9.17) is 9.31 Å². The number of aromatic nitrogens is 2. The van der Waals surface area contributed by atoms with Crippen molar-refractivity contribution in [3.63, 3.8) is 0 Å². The third kappa shape index (κ3) is 7.22. The number of nitrogens with one attached hydrogen (secondary N) is 2. The molecular weight excluding hydrogens is 515 g/mol. The molecular formula is C27H35BN6O6. The number of likely N-dealkylation sites (N-methyl/N-ethyl adjacent to an activating group) is 2. The van der Waals surface area contributed by atoms with E-state index in [9.17, 15) is 19.2 Å². The number of benzene rings is 1. The second kappa shape index (κ2) is 13.0. The predicted molar refractivity (Wildman–Crippen MR) is 146 cm³/mol. The van der Waals surface area contributed by atoms with E-state index in [1.807, 2.05) is 56.1 Å². The van der Waals surface area contributed by atoms with Crippen molar-refractivity contribution >= 4 is 30.9 Å². The Morgan fingerprint density at radius 2 is 1.68 bits per heavy atom. The minimum atomic E-state index is -1.32. The molecule has 2 fully saturated rings. The average Bonchev–Trinajstić information content (AvgIpc) is 2.93. The maximum Gasteiger partial charge on any atom is 0.622 e. The van der Waals surface area contributed by atoms with Crippen molar-refractivity contribution in [3.8, 4) is 0 Å². The van der Waals surface area contributed by atoms with Gasteiger partial charge in [-0.3, -0.25) is 29.1 Å². The molecule has 2 saturated heterocycles. The quantitative estimate of drug-likeness (QED) is 0.413. The molecule has 4 rings (SSSR count). The van der Waals surface area contributed by atoms with E-state index in [-0.39, 0.29) is 18.0 Å². The molecule has 1 aromatic carbocycles. The van der Waals surface area contributed by atoms with E-state index in [2.05, 4.69) is 20.6 Å². The highest BCUT2D eigenvalue weighted by atomic mass is 16.6. The first-order valence-electron chi connectivity index (χ1n) is 13.3. The Morgan fingerprint density at radius 1 is 1.02 bits per heavy atom. The van der Waals surface area contributed by atoms with Crippen molar-refractivity contribution in [3.05, 3.63) is 60.2 Å². The molecule has 2 bridgehead atoms. The monoisotopic (exact) mass is 550 g/mol. The molecule has 0 radical (unpaired) electrons. The highest BCUT2D eigenvalue weighted by Crippen LogP contribution is 2.21. The van der Waals surface area contributed by atoms with E-state index < -0.39 is 54.9 Å². The molecule has 2 aromatic rings. The zero-order valence-electron chi connectivity index (χ0n) is 23.1. The van der Waals surface area contributed by atoms with Crippen molar-refractivity contribution in [2.24, 2.45) is 5.92 Å². The van der Waals surface area contributed by atoms with Crippen molar-refractivity contribution in [2.45, 2.75) is 50.8 Å². The molecule has 2 amide bonds. The topological polar surface area (TPSA) is 143 Å². The van der Waals surface area contributed by atoms with Crippen LogP contribution in [0.4, 0.5) is 0 Å². The first kappa shape index (κ1) is 29.2. The van der Waals surface area contributed by atoms with Crippen LogP contribution < -0.4 is 10.6 Å². The molecule has 40 heavy (non-hydrogen) atoms. The lowest BCUT2D eigenvalue weighted by atomic mass is 9.73. The minimum Gasteiger partial charge on any atom is -0.497 e. The number of carbonyl (C=O) groups excluding carboxylic acids is 4. The van der Waals surface area contributed by atoms with E-state index >= 15 is 0 Å². The lowest BCUT2D eigenvalue weighted by Gasteiger charge is -2.43. The van der Waals surface area contributed by atoms with E-state index in [1.165, 1.54) is 18.6 Å². The smallest absolute Gasteiger partial charge is 0.497 e. The summed E-state index contributed by atoms with van der Waals surface area (Å²) in [5.74, 6) is -2.92. The van der Waals surface area contributed by atoms with Crippen LogP contribution in [0.2, 0.25) is 0 Å². The van der Waals surface area contributed by atoms with E-state index in [1.54, 1.807) is 11.9 Å². The molecule has 0 spiro atoms. The first-order valence-corrected chi connectivity index (χ1v) is 13.3. The third-order valence-electron chi connectivity index (χ3n) is 7.04. The predicted octanol–water partition coefficient (Wildman–Crippen LogP) is 0.0904. The zero-order chi connectivity index (χ0) is 28.8. The molecule has 212 valence electrons. The van der Waals surface area contributed by atoms with Gasteiger partial charge in [0.1, 0.15) is 23.8 Å². The van der Waals surface area contributed by atoms with Gasteiger partial charge in [0.05, 0.1) is 12.1 Å². The summed E-state index contributed by atoms with van der Waals surface area (Å²) in [6, 6.07) is 6.96. The van der Waals surface area contributed by atoms with Crippen molar-refractivity contribution < 1.29 is 28.5 Å². The summed E-state index contributed by atoms with van der Waals surface area (Å²) in [4.78, 5) is 64.4. The van der Waals surface area contributed by atoms with Crippen molar-refractivity contribution in [1.29, 1.82) is 0 Å². The number of hydrogen-bond acceptors (Lipinski definition) is 10. The van der Waals surface area contributed by atoms with Crippen molar-refractivity contribution in [2.75, 3.05) is 27.2 Å². The Morgan fingerprint density at radius 3 is 2.25 bits per heavy atom. The van der Waals surface area contributed by atoms with Crippen LogP contribution in [0, 0.1) is 5.92 Å². The number of hydrogen-bond donors (Lipinski definition) is 2. The Labute approximate surface area is 234 Å². The zero-order valence-corrected chi connectivity index (χ0v) is 23.1. The van der Waals surface area contributed by atoms with Crippen LogP contribution in [-0.2, 0) is 30.1 Å². The maximum atomic E-state index is 13.7. The average molecular weight is 550 g/mol. The fraction of sp³-hybridized carbons (Fsp3) is 0.481. The molecule has 1 aromatic heterocycles. The second-order valence-electron chi connectivity index (χ2n) is 10.7. The van der Waals surface area contributed by atoms with Gasteiger partial charge in [-0.15, -0.1) is 0 Å². The summed E-state index contributed by atoms with van der Waals surface area (Å²) in [5.41, 5.74) is 0.891. The van der Waals surface area contributed by atoms with Gasteiger partial charge < -0.3 is 24.8 Å². The molecule has 12 nitrogen and oxygen atoms in total. The normalized spacial score (nSPS) is 21.5. The molecule has 2 aliphatic rings. The molecule has 2 N–H and O–H groups in total. The van der Waals surface area contributed by atoms with E-state index in [0.717, 1.165) is 5.56 Å². The Balaban J connectivity index is 1.56. The van der Waals surface area contributed by atoms with E-state index in [0.29, 0.717) is 19.5 Å². The van der Waals surface area contributed by atoms with Gasteiger partial charge in [-0.2, -0.15) is 0 Å². The molecule has 2 aliphatic heterocycles. The van der Waals surface area contributed by atoms with Crippen LogP contribution >= 0.6 is 0 Å². The highest BCUT2D eigenvalue weighted by molar-refractivity contribution is 6.51. The standard InChI is InChI=1S/C27H35BN6O6/c1-17(2)12-23(28-39-26(37)21-15-33(3)16-22(34(21)4)27(38)40-28)32-24(35)19(13-18-8-6-5-7-9-18)31-25(36)20-14-29-10-11-30-20/h5-11,14,17,19,21-23H,12-13,15-16H2,1-4H3,(H,31,36)(H,32,35)/t19-,21+,22+,23-/m0/s1. The number of amides is 2. The molecule has 0 saturated carbocycles. The number of rotatable bonds is 9. The highest BCUT2D eigenvalue weighted by Gasteiger charge is 2.49. The summed E-state index contributed by atoms with van der Waals surface area (Å²) in [5, 5.41) is 5.65. The molecule has 4 atom stereocenters. The fourth-order valence-corrected chi connectivity index (χ4v) is 4.93. The summed E-state index contributed by atoms with van der Waals surface area (Å²) >= 11 is 0. The molecule has 3 heterocycles. The molecule has 13 heteroatoms. The Hall–Kier alpha value is -3.84. The number of piperazine rings is 1. The fourth-order valence-electron chi connectivity index (χ4n) is 4.93. The molecule has 0 unspecified atom stereocenters. The first-order chi connectivity index (χ1) is 19.1. The van der Waals surface area contributed by atoms with Crippen LogP contribution in [0.15, 0.2) is 48.9 Å². The van der Waals surface area contributed by atoms with Crippen LogP contribution in [0.3, 0.4) is 0 Å². The lowest BCUT2D eigenvalue weighted by Crippen LogP contribution is -2.66. The van der Waals surface area contributed by atoms with Crippen LogP contribution in [-0.4, -0.2) is 102 Å². The van der Waals surface area contributed by atoms with Gasteiger partial charge in [-0.05, 0) is 32.0 Å². The van der Waals surface area contributed by atoms with Gasteiger partial charge in [-0.25, -0.2) is 4.98 Å².